The van der Waals surface area contributed by atoms with Gasteiger partial charge in [0, 0.05) is 6.07 Å². The summed E-state index contributed by atoms with van der Waals surface area (Å²) in [4.78, 5) is 12.4. The summed E-state index contributed by atoms with van der Waals surface area (Å²) in [5.74, 6) is -2.51. The second-order valence-corrected chi connectivity index (χ2v) is 8.17. The first-order valence-electron chi connectivity index (χ1n) is 8.20. The lowest BCUT2D eigenvalue weighted by Crippen LogP contribution is -2.48. The first-order valence-corrected chi connectivity index (χ1v) is 10.4. The molecule has 0 aliphatic carbocycles. The van der Waals surface area contributed by atoms with Crippen LogP contribution in [-0.2, 0) is 14.8 Å². The second kappa shape index (κ2) is 9.20. The van der Waals surface area contributed by atoms with E-state index in [4.69, 9.17) is 16.3 Å². The molecule has 0 heterocycles. The second-order valence-electron chi connectivity index (χ2n) is 5.90. The van der Waals surface area contributed by atoms with Gasteiger partial charge in [-0.05, 0) is 31.2 Å². The molecule has 0 aliphatic rings. The summed E-state index contributed by atoms with van der Waals surface area (Å²) in [5.41, 5.74) is -0.156. The highest BCUT2D eigenvalue weighted by atomic mass is 35.5. The van der Waals surface area contributed by atoms with Crippen LogP contribution in [0.5, 0.6) is 5.75 Å². The monoisotopic (exact) mass is 432 g/mol. The van der Waals surface area contributed by atoms with Crippen molar-refractivity contribution in [3.63, 3.8) is 0 Å². The molecule has 6 nitrogen and oxygen atoms in total. The highest BCUT2D eigenvalue weighted by molar-refractivity contribution is 7.92. The summed E-state index contributed by atoms with van der Waals surface area (Å²) in [7, 11) is -3.94. The van der Waals surface area contributed by atoms with Gasteiger partial charge >= 0.3 is 0 Å². The van der Waals surface area contributed by atoms with Crippen LogP contribution in [0, 0.1) is 11.6 Å². The van der Waals surface area contributed by atoms with Crippen LogP contribution < -0.4 is 14.4 Å². The number of hydrogen-bond acceptors (Lipinski definition) is 4. The van der Waals surface area contributed by atoms with Crippen LogP contribution >= 0.6 is 11.6 Å². The Labute approximate surface area is 167 Å². The SMILES string of the molecule is C[C@H](C(=O)NCCOc1ccccc1Cl)N(c1ccc(F)c(F)c1)S(C)(=O)=O. The fourth-order valence-electron chi connectivity index (χ4n) is 2.48. The molecule has 0 unspecified atom stereocenters. The topological polar surface area (TPSA) is 75.7 Å². The molecule has 2 aromatic carbocycles. The molecule has 1 N–H and O–H groups in total. The van der Waals surface area contributed by atoms with E-state index in [0.717, 1.165) is 28.8 Å². The van der Waals surface area contributed by atoms with Gasteiger partial charge in [0.05, 0.1) is 23.5 Å². The molecule has 0 bridgehead atoms. The number of sulfonamides is 1. The van der Waals surface area contributed by atoms with Gasteiger partial charge in [-0.1, -0.05) is 23.7 Å². The highest BCUT2D eigenvalue weighted by Gasteiger charge is 2.29. The summed E-state index contributed by atoms with van der Waals surface area (Å²) in [6, 6.07) is 8.23. The van der Waals surface area contributed by atoms with E-state index in [1.807, 2.05) is 0 Å². The molecule has 1 atom stereocenters. The number of nitrogens with zero attached hydrogens (tertiary/aromatic N) is 1. The first kappa shape index (κ1) is 21.9. The fourth-order valence-corrected chi connectivity index (χ4v) is 3.83. The Bertz CT molecular complexity index is 956. The van der Waals surface area contributed by atoms with E-state index in [1.54, 1.807) is 24.3 Å². The third-order valence-electron chi connectivity index (χ3n) is 3.74. The summed E-state index contributed by atoms with van der Waals surface area (Å²) in [6.07, 6.45) is 0.874. The third kappa shape index (κ3) is 5.56. The minimum atomic E-state index is -3.94. The summed E-state index contributed by atoms with van der Waals surface area (Å²) < 4.78 is 57.1. The number of rotatable bonds is 8. The van der Waals surface area contributed by atoms with Crippen molar-refractivity contribution < 1.29 is 26.7 Å². The van der Waals surface area contributed by atoms with E-state index >= 15 is 0 Å². The van der Waals surface area contributed by atoms with Crippen LogP contribution in [0.3, 0.4) is 0 Å². The van der Waals surface area contributed by atoms with Crippen LogP contribution in [-0.4, -0.2) is 39.8 Å². The maximum Gasteiger partial charge on any atom is 0.243 e. The lowest BCUT2D eigenvalue weighted by molar-refractivity contribution is -0.121. The van der Waals surface area contributed by atoms with E-state index in [-0.39, 0.29) is 18.8 Å². The van der Waals surface area contributed by atoms with Gasteiger partial charge in [-0.25, -0.2) is 17.2 Å². The van der Waals surface area contributed by atoms with E-state index < -0.39 is 33.6 Å². The molecule has 0 aromatic heterocycles. The zero-order chi connectivity index (χ0) is 20.9. The van der Waals surface area contributed by atoms with Gasteiger partial charge in [0.2, 0.25) is 15.9 Å². The molecule has 28 heavy (non-hydrogen) atoms. The van der Waals surface area contributed by atoms with Gasteiger partial charge in [-0.15, -0.1) is 0 Å². The minimum Gasteiger partial charge on any atom is -0.490 e. The van der Waals surface area contributed by atoms with E-state index in [1.165, 1.54) is 6.92 Å². The van der Waals surface area contributed by atoms with Gasteiger partial charge < -0.3 is 10.1 Å². The molecule has 1 amide bonds. The molecule has 2 aromatic rings. The van der Waals surface area contributed by atoms with E-state index in [9.17, 15) is 22.0 Å². The zero-order valence-electron chi connectivity index (χ0n) is 15.2. The van der Waals surface area contributed by atoms with Crippen LogP contribution in [0.25, 0.3) is 0 Å². The molecule has 0 fully saturated rings. The Hall–Kier alpha value is -2.39. The van der Waals surface area contributed by atoms with Crippen molar-refractivity contribution in [1.29, 1.82) is 0 Å². The van der Waals surface area contributed by atoms with Gasteiger partial charge in [-0.3, -0.25) is 9.10 Å². The Morgan fingerprint density at radius 3 is 2.50 bits per heavy atom. The Morgan fingerprint density at radius 2 is 1.89 bits per heavy atom. The van der Waals surface area contributed by atoms with Crippen molar-refractivity contribution in [3.8, 4) is 5.75 Å². The molecule has 0 radical (unpaired) electrons. The van der Waals surface area contributed by atoms with Gasteiger partial charge in [-0.2, -0.15) is 0 Å². The lowest BCUT2D eigenvalue weighted by Gasteiger charge is -2.28. The van der Waals surface area contributed by atoms with Gasteiger partial charge in [0.15, 0.2) is 11.6 Å². The van der Waals surface area contributed by atoms with Gasteiger partial charge in [0.25, 0.3) is 0 Å². The molecule has 152 valence electrons. The molecular weight excluding hydrogens is 414 g/mol. The number of ether oxygens (including phenoxy) is 1. The highest BCUT2D eigenvalue weighted by Crippen LogP contribution is 2.24. The van der Waals surface area contributed by atoms with E-state index in [2.05, 4.69) is 5.32 Å². The van der Waals surface area contributed by atoms with Gasteiger partial charge in [0.1, 0.15) is 18.4 Å². The fraction of sp³-hybridized carbons (Fsp3) is 0.278. The predicted octanol–water partition coefficient (Wildman–Crippen LogP) is 2.97. The number of benzene rings is 2. The Morgan fingerprint density at radius 1 is 1.21 bits per heavy atom. The normalized spacial score (nSPS) is 12.3. The number of carbonyl (C=O) groups excluding carboxylic acids is 1. The molecule has 0 saturated heterocycles. The first-order chi connectivity index (χ1) is 13.1. The third-order valence-corrected chi connectivity index (χ3v) is 5.30. The van der Waals surface area contributed by atoms with Crippen molar-refractivity contribution in [2.75, 3.05) is 23.7 Å². The number of anilines is 1. The lowest BCUT2D eigenvalue weighted by atomic mass is 10.2. The molecule has 0 aliphatic heterocycles. The molecule has 2 rings (SSSR count). The summed E-state index contributed by atoms with van der Waals surface area (Å²) in [6.45, 7) is 1.53. The quantitative estimate of drug-likeness (QED) is 0.651. The predicted molar refractivity (Wildman–Crippen MR) is 103 cm³/mol. The zero-order valence-corrected chi connectivity index (χ0v) is 16.7. The Kier molecular flexibility index (Phi) is 7.20. The number of halogens is 3. The number of para-hydroxylation sites is 1. The van der Waals surface area contributed by atoms with Crippen molar-refractivity contribution in [3.05, 3.63) is 59.1 Å². The summed E-state index contributed by atoms with van der Waals surface area (Å²) in [5, 5.41) is 2.96. The Balaban J connectivity index is 2.03. The van der Waals surface area contributed by atoms with Crippen molar-refractivity contribution in [2.45, 2.75) is 13.0 Å². The number of carbonyl (C=O) groups is 1. The van der Waals surface area contributed by atoms with Crippen LogP contribution in [0.1, 0.15) is 6.92 Å². The molecular formula is C18H19ClF2N2O4S. The number of amides is 1. The average molecular weight is 433 g/mol. The minimum absolute atomic E-state index is 0.0871. The summed E-state index contributed by atoms with van der Waals surface area (Å²) >= 11 is 5.96. The largest absolute Gasteiger partial charge is 0.490 e. The standard InChI is InChI=1S/C18H19ClF2N2O4S/c1-12(18(24)22-9-10-27-17-6-4-3-5-14(17)19)23(28(2,25)26)13-7-8-15(20)16(21)11-13/h3-8,11-12H,9-10H2,1-2H3,(H,22,24)/t12-/m1/s1. The van der Waals surface area contributed by atoms with Crippen molar-refractivity contribution in [1.82, 2.24) is 5.32 Å². The average Bonchev–Trinajstić information content (AvgIpc) is 2.62. The van der Waals surface area contributed by atoms with E-state index in [0.29, 0.717) is 10.8 Å². The number of nitrogens with one attached hydrogen (secondary N) is 1. The number of hydrogen-bond donors (Lipinski definition) is 1. The molecule has 10 heteroatoms. The smallest absolute Gasteiger partial charge is 0.243 e. The molecule has 0 saturated carbocycles. The van der Waals surface area contributed by atoms with Crippen molar-refractivity contribution in [2.24, 2.45) is 0 Å². The van der Waals surface area contributed by atoms with Crippen molar-refractivity contribution >= 4 is 33.2 Å². The maximum absolute atomic E-state index is 13.5. The molecule has 0 spiro atoms. The van der Waals surface area contributed by atoms with Crippen LogP contribution in [0.2, 0.25) is 5.02 Å². The van der Waals surface area contributed by atoms with Crippen LogP contribution in [0.15, 0.2) is 42.5 Å². The van der Waals surface area contributed by atoms with Crippen LogP contribution in [0.4, 0.5) is 14.5 Å². The maximum atomic E-state index is 13.5.